The molecule has 0 saturated carbocycles. The summed E-state index contributed by atoms with van der Waals surface area (Å²) in [6, 6.07) is 0. The molecule has 0 amide bonds. The third-order valence-corrected chi connectivity index (χ3v) is 3.18. The molecular weight excluding hydrogens is 200 g/mol. The minimum atomic E-state index is 0.591. The lowest BCUT2D eigenvalue weighted by molar-refractivity contribution is 0.362. The third-order valence-electron chi connectivity index (χ3n) is 3.18. The number of hydrogen-bond acceptors (Lipinski definition) is 3. The number of aromatic nitrogens is 3. The summed E-state index contributed by atoms with van der Waals surface area (Å²) in [6.07, 6.45) is 5.93. The van der Waals surface area contributed by atoms with Gasteiger partial charge < -0.3 is 5.73 Å². The van der Waals surface area contributed by atoms with E-state index in [0.29, 0.717) is 11.7 Å². The van der Waals surface area contributed by atoms with E-state index >= 15 is 0 Å². The van der Waals surface area contributed by atoms with Gasteiger partial charge >= 0.3 is 0 Å². The normalized spacial score (nSPS) is 12.9. The van der Waals surface area contributed by atoms with Crippen LogP contribution in [0.3, 0.4) is 0 Å². The standard InChI is InChI=1S/C12H24N4/c1-4-7-8-10(5-2)9-16-11(6-3)12(13)14-15-16/h10H,4-9,13H2,1-3H3. The zero-order chi connectivity index (χ0) is 12.0. The highest BCUT2D eigenvalue weighted by molar-refractivity contribution is 5.32. The Morgan fingerprint density at radius 3 is 2.62 bits per heavy atom. The summed E-state index contributed by atoms with van der Waals surface area (Å²) in [5.74, 6) is 1.29. The van der Waals surface area contributed by atoms with Crippen LogP contribution in [0.1, 0.15) is 52.1 Å². The highest BCUT2D eigenvalue weighted by Gasteiger charge is 2.12. The van der Waals surface area contributed by atoms with Crippen LogP contribution in [0.25, 0.3) is 0 Å². The summed E-state index contributed by atoms with van der Waals surface area (Å²) >= 11 is 0. The van der Waals surface area contributed by atoms with Gasteiger partial charge in [-0.05, 0) is 18.8 Å². The van der Waals surface area contributed by atoms with Crippen LogP contribution in [0.2, 0.25) is 0 Å². The summed E-state index contributed by atoms with van der Waals surface area (Å²) in [4.78, 5) is 0. The van der Waals surface area contributed by atoms with E-state index in [9.17, 15) is 0 Å². The molecule has 0 aliphatic carbocycles. The molecule has 0 aliphatic heterocycles. The second kappa shape index (κ2) is 6.51. The van der Waals surface area contributed by atoms with Crippen molar-refractivity contribution in [3.05, 3.63) is 5.69 Å². The molecule has 4 nitrogen and oxygen atoms in total. The maximum Gasteiger partial charge on any atom is 0.169 e. The molecule has 0 spiro atoms. The molecule has 16 heavy (non-hydrogen) atoms. The maximum atomic E-state index is 5.77. The van der Waals surface area contributed by atoms with Gasteiger partial charge in [-0.1, -0.05) is 45.2 Å². The molecule has 1 unspecified atom stereocenters. The van der Waals surface area contributed by atoms with Crippen molar-refractivity contribution in [2.24, 2.45) is 5.92 Å². The van der Waals surface area contributed by atoms with Gasteiger partial charge in [0.05, 0.1) is 5.69 Å². The fourth-order valence-electron chi connectivity index (χ4n) is 2.02. The number of nitrogens with two attached hydrogens (primary N) is 1. The fourth-order valence-corrected chi connectivity index (χ4v) is 2.02. The lowest BCUT2D eigenvalue weighted by atomic mass is 9.99. The van der Waals surface area contributed by atoms with Crippen LogP contribution in [0.5, 0.6) is 0 Å². The minimum absolute atomic E-state index is 0.591. The molecular formula is C12H24N4. The Morgan fingerprint density at radius 2 is 2.06 bits per heavy atom. The summed E-state index contributed by atoms with van der Waals surface area (Å²) in [6.45, 7) is 7.53. The highest BCUT2D eigenvalue weighted by Crippen LogP contribution is 2.17. The SMILES string of the molecule is CCCCC(CC)Cn1nnc(N)c1CC. The average molecular weight is 224 g/mol. The van der Waals surface area contributed by atoms with Crippen molar-refractivity contribution in [3.8, 4) is 0 Å². The van der Waals surface area contributed by atoms with Crippen LogP contribution in [0.15, 0.2) is 0 Å². The van der Waals surface area contributed by atoms with Crippen molar-refractivity contribution in [1.29, 1.82) is 0 Å². The maximum absolute atomic E-state index is 5.77. The summed E-state index contributed by atoms with van der Waals surface area (Å²) in [7, 11) is 0. The number of anilines is 1. The number of nitrogen functional groups attached to an aromatic ring is 1. The highest BCUT2D eigenvalue weighted by atomic mass is 15.4. The topological polar surface area (TPSA) is 56.7 Å². The molecule has 1 aromatic rings. The summed E-state index contributed by atoms with van der Waals surface area (Å²) in [5, 5.41) is 8.07. The van der Waals surface area contributed by atoms with Crippen molar-refractivity contribution in [2.45, 2.75) is 59.4 Å². The van der Waals surface area contributed by atoms with Crippen molar-refractivity contribution in [2.75, 3.05) is 5.73 Å². The second-order valence-electron chi connectivity index (χ2n) is 4.37. The number of nitrogens with zero attached hydrogens (tertiary/aromatic N) is 3. The average Bonchev–Trinajstić information content (AvgIpc) is 2.64. The predicted molar refractivity (Wildman–Crippen MR) is 67.1 cm³/mol. The van der Waals surface area contributed by atoms with E-state index < -0.39 is 0 Å². The van der Waals surface area contributed by atoms with E-state index in [0.717, 1.165) is 18.7 Å². The summed E-state index contributed by atoms with van der Waals surface area (Å²) < 4.78 is 1.99. The largest absolute Gasteiger partial charge is 0.381 e. The van der Waals surface area contributed by atoms with Crippen LogP contribution in [-0.2, 0) is 13.0 Å². The zero-order valence-corrected chi connectivity index (χ0v) is 10.7. The van der Waals surface area contributed by atoms with E-state index in [2.05, 4.69) is 31.1 Å². The molecule has 1 atom stereocenters. The van der Waals surface area contributed by atoms with Crippen molar-refractivity contribution in [1.82, 2.24) is 15.0 Å². The molecule has 0 saturated heterocycles. The Morgan fingerprint density at radius 1 is 1.31 bits per heavy atom. The Bertz CT molecular complexity index is 306. The molecule has 0 fully saturated rings. The van der Waals surface area contributed by atoms with Gasteiger partial charge in [0.25, 0.3) is 0 Å². The number of unbranched alkanes of at least 4 members (excludes halogenated alkanes) is 1. The van der Waals surface area contributed by atoms with E-state index in [-0.39, 0.29) is 0 Å². The Labute approximate surface area is 98.2 Å². The van der Waals surface area contributed by atoms with E-state index in [1.54, 1.807) is 0 Å². The first-order valence-corrected chi connectivity index (χ1v) is 6.40. The Kier molecular flexibility index (Phi) is 5.29. The van der Waals surface area contributed by atoms with Crippen LogP contribution in [-0.4, -0.2) is 15.0 Å². The minimum Gasteiger partial charge on any atom is -0.381 e. The molecule has 0 bridgehead atoms. The van der Waals surface area contributed by atoms with Gasteiger partial charge in [0, 0.05) is 6.54 Å². The van der Waals surface area contributed by atoms with Crippen molar-refractivity contribution in [3.63, 3.8) is 0 Å². The summed E-state index contributed by atoms with van der Waals surface area (Å²) in [5.41, 5.74) is 6.85. The van der Waals surface area contributed by atoms with Gasteiger partial charge in [-0.15, -0.1) is 5.10 Å². The molecule has 1 heterocycles. The third kappa shape index (κ3) is 3.22. The van der Waals surface area contributed by atoms with Crippen LogP contribution in [0.4, 0.5) is 5.82 Å². The van der Waals surface area contributed by atoms with Gasteiger partial charge in [-0.2, -0.15) is 0 Å². The molecule has 0 radical (unpaired) electrons. The smallest absolute Gasteiger partial charge is 0.169 e. The van der Waals surface area contributed by atoms with Crippen LogP contribution < -0.4 is 5.73 Å². The van der Waals surface area contributed by atoms with Crippen LogP contribution in [0, 0.1) is 5.92 Å². The molecule has 1 aromatic heterocycles. The fraction of sp³-hybridized carbons (Fsp3) is 0.833. The Balaban J connectivity index is 2.62. The first-order chi connectivity index (χ1) is 7.72. The van der Waals surface area contributed by atoms with Gasteiger partial charge in [0.15, 0.2) is 5.82 Å². The van der Waals surface area contributed by atoms with Gasteiger partial charge in [0.2, 0.25) is 0 Å². The second-order valence-corrected chi connectivity index (χ2v) is 4.37. The molecule has 0 aromatic carbocycles. The molecule has 92 valence electrons. The van der Waals surface area contributed by atoms with E-state index in [1.807, 2.05) is 4.68 Å². The Hall–Kier alpha value is -1.06. The van der Waals surface area contributed by atoms with E-state index in [4.69, 9.17) is 5.73 Å². The van der Waals surface area contributed by atoms with Crippen LogP contribution >= 0.6 is 0 Å². The van der Waals surface area contributed by atoms with Crippen molar-refractivity contribution >= 4 is 5.82 Å². The molecule has 0 aliphatic rings. The monoisotopic (exact) mass is 224 g/mol. The van der Waals surface area contributed by atoms with Gasteiger partial charge in [0.1, 0.15) is 0 Å². The van der Waals surface area contributed by atoms with E-state index in [1.165, 1.54) is 25.7 Å². The molecule has 1 rings (SSSR count). The zero-order valence-electron chi connectivity index (χ0n) is 10.7. The first-order valence-electron chi connectivity index (χ1n) is 6.40. The first kappa shape index (κ1) is 13.0. The molecule has 2 N–H and O–H groups in total. The quantitative estimate of drug-likeness (QED) is 0.774. The predicted octanol–water partition coefficient (Wildman–Crippen LogP) is 2.64. The van der Waals surface area contributed by atoms with Gasteiger partial charge in [-0.3, -0.25) is 0 Å². The number of hydrogen-bond donors (Lipinski definition) is 1. The number of rotatable bonds is 7. The lowest BCUT2D eigenvalue weighted by Crippen LogP contribution is -2.14. The van der Waals surface area contributed by atoms with Crippen molar-refractivity contribution < 1.29 is 0 Å². The lowest BCUT2D eigenvalue weighted by Gasteiger charge is -2.15. The molecule has 4 heteroatoms. The van der Waals surface area contributed by atoms with Gasteiger partial charge in [-0.25, -0.2) is 4.68 Å².